The van der Waals surface area contributed by atoms with Crippen LogP contribution >= 0.6 is 0 Å². The van der Waals surface area contributed by atoms with Gasteiger partial charge in [0.1, 0.15) is 6.61 Å². The van der Waals surface area contributed by atoms with Crippen LogP contribution in [0.4, 0.5) is 0 Å². The summed E-state index contributed by atoms with van der Waals surface area (Å²) < 4.78 is 5.20. The Labute approximate surface area is 91.5 Å². The number of hydrogen-bond acceptors (Lipinski definition) is 5. The highest BCUT2D eigenvalue weighted by atomic mass is 16.5. The van der Waals surface area contributed by atoms with E-state index in [0.717, 1.165) is 19.6 Å². The van der Waals surface area contributed by atoms with Crippen LogP contribution in [0.5, 0.6) is 6.01 Å². The Balaban J connectivity index is 1.84. The minimum atomic E-state index is -0.695. The predicted octanol–water partition coefficient (Wildman–Crippen LogP) is -1.07. The fraction of sp³-hybridized carbons (Fsp3) is 0.667. The summed E-state index contributed by atoms with van der Waals surface area (Å²) in [5.41, 5.74) is -1.30. The van der Waals surface area contributed by atoms with Crippen molar-refractivity contribution in [1.29, 1.82) is 0 Å². The second-order valence-electron chi connectivity index (χ2n) is 3.70. The van der Waals surface area contributed by atoms with Gasteiger partial charge >= 0.3 is 17.4 Å². The van der Waals surface area contributed by atoms with Gasteiger partial charge in [-0.15, -0.1) is 4.98 Å². The van der Waals surface area contributed by atoms with E-state index in [1.165, 1.54) is 12.8 Å². The highest BCUT2D eigenvalue weighted by Crippen LogP contribution is 2.06. The van der Waals surface area contributed by atoms with Crippen molar-refractivity contribution in [3.63, 3.8) is 0 Å². The Morgan fingerprint density at radius 2 is 2.00 bits per heavy atom. The average Bonchev–Trinajstić information content (AvgIpc) is 2.69. The van der Waals surface area contributed by atoms with E-state index in [1.807, 2.05) is 4.98 Å². The molecule has 0 amide bonds. The molecular weight excluding hydrogens is 212 g/mol. The number of hydrogen-bond donors (Lipinski definition) is 2. The average molecular weight is 226 g/mol. The second-order valence-corrected chi connectivity index (χ2v) is 3.70. The Bertz CT molecular complexity index is 418. The van der Waals surface area contributed by atoms with E-state index in [2.05, 4.69) is 14.9 Å². The topological polar surface area (TPSA) is 91.1 Å². The lowest BCUT2D eigenvalue weighted by Crippen LogP contribution is -2.28. The lowest BCUT2D eigenvalue weighted by atomic mass is 10.4. The van der Waals surface area contributed by atoms with E-state index in [-0.39, 0.29) is 6.01 Å². The highest BCUT2D eigenvalue weighted by Gasteiger charge is 2.11. The van der Waals surface area contributed by atoms with Gasteiger partial charge < -0.3 is 4.74 Å². The third-order valence-electron chi connectivity index (χ3n) is 2.49. The van der Waals surface area contributed by atoms with Gasteiger partial charge in [-0.1, -0.05) is 0 Å². The zero-order chi connectivity index (χ0) is 11.4. The molecule has 2 N–H and O–H groups in total. The van der Waals surface area contributed by atoms with Crippen molar-refractivity contribution < 1.29 is 4.74 Å². The molecule has 7 heteroatoms. The van der Waals surface area contributed by atoms with E-state index >= 15 is 0 Å². The molecule has 1 fully saturated rings. The van der Waals surface area contributed by atoms with Gasteiger partial charge in [0, 0.05) is 6.54 Å². The van der Waals surface area contributed by atoms with Crippen LogP contribution in [0, 0.1) is 0 Å². The summed E-state index contributed by atoms with van der Waals surface area (Å²) in [6, 6.07) is -0.0204. The molecule has 1 aliphatic rings. The largest absolute Gasteiger partial charge is 0.463 e. The molecule has 0 spiro atoms. The predicted molar refractivity (Wildman–Crippen MR) is 56.6 cm³/mol. The third-order valence-corrected chi connectivity index (χ3v) is 2.49. The Morgan fingerprint density at radius 1 is 1.25 bits per heavy atom. The number of ether oxygens (including phenoxy) is 1. The molecule has 1 aliphatic heterocycles. The fourth-order valence-electron chi connectivity index (χ4n) is 1.72. The Hall–Kier alpha value is -1.63. The molecule has 0 atom stereocenters. The molecule has 0 aromatic carbocycles. The van der Waals surface area contributed by atoms with Gasteiger partial charge in [-0.2, -0.15) is 0 Å². The summed E-state index contributed by atoms with van der Waals surface area (Å²) in [7, 11) is 0. The first-order chi connectivity index (χ1) is 7.74. The van der Waals surface area contributed by atoms with E-state index in [0.29, 0.717) is 6.61 Å². The summed E-state index contributed by atoms with van der Waals surface area (Å²) >= 11 is 0. The van der Waals surface area contributed by atoms with Crippen LogP contribution < -0.4 is 16.1 Å². The lowest BCUT2D eigenvalue weighted by Gasteiger charge is -2.13. The van der Waals surface area contributed by atoms with Crippen molar-refractivity contribution in [2.24, 2.45) is 0 Å². The summed E-state index contributed by atoms with van der Waals surface area (Å²) in [6.45, 7) is 3.38. The van der Waals surface area contributed by atoms with Crippen LogP contribution in [0.15, 0.2) is 9.59 Å². The zero-order valence-electron chi connectivity index (χ0n) is 8.86. The molecule has 1 aromatic rings. The molecule has 2 heterocycles. The maximum absolute atomic E-state index is 10.9. The Kier molecular flexibility index (Phi) is 3.35. The van der Waals surface area contributed by atoms with Gasteiger partial charge in [0.25, 0.3) is 0 Å². The van der Waals surface area contributed by atoms with Gasteiger partial charge in [0.15, 0.2) is 0 Å². The number of aromatic amines is 2. The van der Waals surface area contributed by atoms with Crippen molar-refractivity contribution in [1.82, 2.24) is 19.9 Å². The van der Waals surface area contributed by atoms with E-state index in [9.17, 15) is 9.59 Å². The lowest BCUT2D eigenvalue weighted by molar-refractivity contribution is 0.223. The van der Waals surface area contributed by atoms with Crippen LogP contribution in [0.25, 0.3) is 0 Å². The SMILES string of the molecule is O=c1nc(OCCN2CCCC2)[nH]c(=O)[nH]1. The van der Waals surface area contributed by atoms with E-state index in [4.69, 9.17) is 4.74 Å². The summed E-state index contributed by atoms with van der Waals surface area (Å²) in [5.74, 6) is 0. The van der Waals surface area contributed by atoms with Crippen LogP contribution in [0.2, 0.25) is 0 Å². The normalized spacial score (nSPS) is 16.5. The number of H-pyrrole nitrogens is 2. The molecule has 2 rings (SSSR count). The van der Waals surface area contributed by atoms with Crippen LogP contribution in [0.1, 0.15) is 12.8 Å². The first kappa shape index (κ1) is 10.9. The summed E-state index contributed by atoms with van der Waals surface area (Å²) in [4.78, 5) is 31.8. The minimum absolute atomic E-state index is 0.0204. The molecule has 1 aromatic heterocycles. The van der Waals surface area contributed by atoms with Gasteiger partial charge in [-0.05, 0) is 25.9 Å². The maximum Gasteiger partial charge on any atom is 0.353 e. The van der Waals surface area contributed by atoms with Gasteiger partial charge in [-0.25, -0.2) is 9.59 Å². The van der Waals surface area contributed by atoms with Crippen LogP contribution in [0.3, 0.4) is 0 Å². The van der Waals surface area contributed by atoms with Crippen molar-refractivity contribution in [2.45, 2.75) is 12.8 Å². The van der Waals surface area contributed by atoms with Crippen molar-refractivity contribution in [2.75, 3.05) is 26.2 Å². The maximum atomic E-state index is 10.9. The van der Waals surface area contributed by atoms with Gasteiger partial charge in [0.05, 0.1) is 0 Å². The van der Waals surface area contributed by atoms with Crippen molar-refractivity contribution >= 4 is 0 Å². The Morgan fingerprint density at radius 3 is 2.69 bits per heavy atom. The standard InChI is InChI=1S/C9H14N4O3/c14-7-10-8(15)12-9(11-7)16-6-5-13-3-1-2-4-13/h1-6H2,(H2,10,11,12,14,15). The molecule has 1 saturated heterocycles. The van der Waals surface area contributed by atoms with Crippen LogP contribution in [-0.4, -0.2) is 46.1 Å². The first-order valence-corrected chi connectivity index (χ1v) is 5.30. The molecule has 0 bridgehead atoms. The van der Waals surface area contributed by atoms with Crippen LogP contribution in [-0.2, 0) is 0 Å². The molecule has 88 valence electrons. The number of nitrogens with zero attached hydrogens (tertiary/aromatic N) is 2. The van der Waals surface area contributed by atoms with Gasteiger partial charge in [0.2, 0.25) is 0 Å². The molecule has 0 aliphatic carbocycles. The quantitative estimate of drug-likeness (QED) is 0.682. The molecule has 0 saturated carbocycles. The number of rotatable bonds is 4. The van der Waals surface area contributed by atoms with E-state index < -0.39 is 11.4 Å². The fourth-order valence-corrected chi connectivity index (χ4v) is 1.72. The second kappa shape index (κ2) is 4.93. The number of nitrogens with one attached hydrogen (secondary N) is 2. The molecule has 7 nitrogen and oxygen atoms in total. The van der Waals surface area contributed by atoms with E-state index in [1.54, 1.807) is 0 Å². The first-order valence-electron chi connectivity index (χ1n) is 5.30. The van der Waals surface area contributed by atoms with Crippen molar-refractivity contribution in [3.8, 4) is 6.01 Å². The molecule has 16 heavy (non-hydrogen) atoms. The van der Waals surface area contributed by atoms with Gasteiger partial charge in [-0.3, -0.25) is 14.9 Å². The zero-order valence-corrected chi connectivity index (χ0v) is 8.86. The number of likely N-dealkylation sites (tertiary alicyclic amines) is 1. The summed E-state index contributed by atoms with van der Waals surface area (Å²) in [6.07, 6.45) is 2.44. The third kappa shape index (κ3) is 2.93. The molecule has 0 unspecified atom stereocenters. The summed E-state index contributed by atoms with van der Waals surface area (Å²) in [5, 5.41) is 0. The van der Waals surface area contributed by atoms with Crippen molar-refractivity contribution in [3.05, 3.63) is 21.0 Å². The smallest absolute Gasteiger partial charge is 0.353 e. The number of aromatic nitrogens is 3. The highest BCUT2D eigenvalue weighted by molar-refractivity contribution is 4.87. The monoisotopic (exact) mass is 226 g/mol. The minimum Gasteiger partial charge on any atom is -0.463 e. The molecular formula is C9H14N4O3. The molecule has 0 radical (unpaired) electrons.